The Morgan fingerprint density at radius 2 is 1.91 bits per heavy atom. The minimum Gasteiger partial charge on any atom is -0.465 e. The highest BCUT2D eigenvalue weighted by atomic mass is 16.5. The highest BCUT2D eigenvalue weighted by Crippen LogP contribution is 2.52. The molecule has 23 heavy (non-hydrogen) atoms. The van der Waals surface area contributed by atoms with Crippen LogP contribution in [0.3, 0.4) is 0 Å². The van der Waals surface area contributed by atoms with E-state index >= 15 is 0 Å². The largest absolute Gasteiger partial charge is 0.465 e. The predicted molar refractivity (Wildman–Crippen MR) is 79.7 cm³/mol. The second kappa shape index (κ2) is 4.52. The molecule has 3 aliphatic heterocycles. The summed E-state index contributed by atoms with van der Waals surface area (Å²) >= 11 is 0. The van der Waals surface area contributed by atoms with E-state index < -0.39 is 23.4 Å². The van der Waals surface area contributed by atoms with Crippen LogP contribution in [-0.4, -0.2) is 36.6 Å². The summed E-state index contributed by atoms with van der Waals surface area (Å²) in [5, 5.41) is 0. The fourth-order valence-electron chi connectivity index (χ4n) is 3.77. The first-order valence-corrected chi connectivity index (χ1v) is 7.39. The molecule has 3 heterocycles. The van der Waals surface area contributed by atoms with Gasteiger partial charge in [0.25, 0.3) is 0 Å². The second-order valence-electron chi connectivity index (χ2n) is 6.18. The minimum atomic E-state index is -0.706. The number of imide groups is 1. The normalized spacial score (nSPS) is 34.2. The highest BCUT2D eigenvalue weighted by molar-refractivity contribution is 6.23. The number of carbonyl (C=O) groups is 3. The number of ether oxygens (including phenoxy) is 2. The van der Waals surface area contributed by atoms with E-state index in [9.17, 15) is 14.4 Å². The van der Waals surface area contributed by atoms with Crippen LogP contribution in [-0.2, 0) is 19.1 Å². The van der Waals surface area contributed by atoms with Crippen LogP contribution in [0.25, 0.3) is 0 Å². The molecule has 0 aliphatic carbocycles. The zero-order valence-electron chi connectivity index (χ0n) is 12.7. The summed E-state index contributed by atoms with van der Waals surface area (Å²) < 4.78 is 10.4. The first kappa shape index (κ1) is 14.1. The maximum atomic E-state index is 12.8. The molecule has 1 aromatic carbocycles. The van der Waals surface area contributed by atoms with Crippen molar-refractivity contribution in [1.29, 1.82) is 0 Å². The molecule has 0 spiro atoms. The van der Waals surface area contributed by atoms with Crippen molar-refractivity contribution in [3.63, 3.8) is 0 Å². The Bertz CT molecular complexity index is 753. The third-order valence-corrected chi connectivity index (χ3v) is 4.88. The van der Waals surface area contributed by atoms with Crippen molar-refractivity contribution in [2.45, 2.75) is 18.6 Å². The van der Waals surface area contributed by atoms with Gasteiger partial charge >= 0.3 is 5.97 Å². The van der Waals surface area contributed by atoms with Gasteiger partial charge in [-0.25, -0.2) is 9.69 Å². The molecule has 6 heteroatoms. The molecule has 118 valence electrons. The summed E-state index contributed by atoms with van der Waals surface area (Å²) in [5.74, 6) is -1.90. The van der Waals surface area contributed by atoms with E-state index in [1.54, 1.807) is 24.3 Å². The number of hydrogen-bond acceptors (Lipinski definition) is 5. The zero-order valence-corrected chi connectivity index (χ0v) is 12.7. The molecule has 0 saturated carbocycles. The first-order valence-electron chi connectivity index (χ1n) is 7.39. The molecule has 2 bridgehead atoms. The van der Waals surface area contributed by atoms with Crippen LogP contribution in [0.2, 0.25) is 0 Å². The van der Waals surface area contributed by atoms with E-state index in [-0.39, 0.29) is 17.9 Å². The van der Waals surface area contributed by atoms with Crippen molar-refractivity contribution in [3.8, 4) is 0 Å². The van der Waals surface area contributed by atoms with E-state index in [2.05, 4.69) is 4.74 Å². The van der Waals surface area contributed by atoms with Crippen molar-refractivity contribution < 1.29 is 23.9 Å². The number of benzene rings is 1. The van der Waals surface area contributed by atoms with Crippen LogP contribution < -0.4 is 4.90 Å². The van der Waals surface area contributed by atoms with Gasteiger partial charge in [0.15, 0.2) is 0 Å². The lowest BCUT2D eigenvalue weighted by atomic mass is 9.78. The van der Waals surface area contributed by atoms with Crippen molar-refractivity contribution in [1.82, 2.24) is 0 Å². The van der Waals surface area contributed by atoms with Gasteiger partial charge < -0.3 is 9.47 Å². The van der Waals surface area contributed by atoms with Crippen LogP contribution in [0, 0.1) is 11.8 Å². The van der Waals surface area contributed by atoms with Crippen LogP contribution in [0.15, 0.2) is 36.4 Å². The average molecular weight is 313 g/mol. The molecule has 2 saturated heterocycles. The Hall–Kier alpha value is -2.47. The van der Waals surface area contributed by atoms with Crippen molar-refractivity contribution in [2.24, 2.45) is 11.8 Å². The SMILES string of the molecule is COC(=O)c1ccc(N2C(=O)[C@@H]3[C@H]4C=C[C@@](C)(O4)[C@H]3C2=O)cc1. The van der Waals surface area contributed by atoms with Gasteiger partial charge in [-0.15, -0.1) is 0 Å². The molecule has 4 rings (SSSR count). The number of hydrogen-bond donors (Lipinski definition) is 0. The molecule has 6 nitrogen and oxygen atoms in total. The molecule has 3 aliphatic rings. The van der Waals surface area contributed by atoms with E-state index in [4.69, 9.17) is 4.74 Å². The Morgan fingerprint density at radius 1 is 1.22 bits per heavy atom. The molecule has 1 aromatic rings. The van der Waals surface area contributed by atoms with Gasteiger partial charge in [-0.1, -0.05) is 12.2 Å². The number of rotatable bonds is 2. The van der Waals surface area contributed by atoms with Gasteiger partial charge in [-0.2, -0.15) is 0 Å². The smallest absolute Gasteiger partial charge is 0.337 e. The molecule has 0 unspecified atom stereocenters. The number of methoxy groups -OCH3 is 1. The highest BCUT2D eigenvalue weighted by Gasteiger charge is 2.65. The van der Waals surface area contributed by atoms with Crippen LogP contribution in [0.1, 0.15) is 17.3 Å². The zero-order chi connectivity index (χ0) is 16.4. The third-order valence-electron chi connectivity index (χ3n) is 4.88. The Kier molecular flexibility index (Phi) is 2.78. The van der Waals surface area contributed by atoms with Gasteiger partial charge in [-0.3, -0.25) is 9.59 Å². The van der Waals surface area contributed by atoms with Crippen LogP contribution in [0.4, 0.5) is 5.69 Å². The quantitative estimate of drug-likeness (QED) is 0.467. The second-order valence-corrected chi connectivity index (χ2v) is 6.18. The molecule has 0 N–H and O–H groups in total. The number of fused-ring (bicyclic) bond motifs is 5. The lowest BCUT2D eigenvalue weighted by Gasteiger charge is -2.24. The predicted octanol–water partition coefficient (Wildman–Crippen LogP) is 1.31. The third kappa shape index (κ3) is 1.75. The summed E-state index contributed by atoms with van der Waals surface area (Å²) in [7, 11) is 1.30. The summed E-state index contributed by atoms with van der Waals surface area (Å²) in [6.45, 7) is 1.84. The van der Waals surface area contributed by atoms with E-state index in [0.29, 0.717) is 11.3 Å². The number of anilines is 1. The number of amides is 2. The van der Waals surface area contributed by atoms with Gasteiger partial charge in [0.05, 0.1) is 41.9 Å². The first-order chi connectivity index (χ1) is 11.0. The van der Waals surface area contributed by atoms with Crippen molar-refractivity contribution in [3.05, 3.63) is 42.0 Å². The van der Waals surface area contributed by atoms with Crippen LogP contribution in [0.5, 0.6) is 0 Å². The molecular weight excluding hydrogens is 298 g/mol. The molecular formula is C17H15NO5. The standard InChI is InChI=1S/C17H15NO5/c1-17-8-7-11(23-17)12-13(17)15(20)18(14(12)19)10-5-3-9(4-6-10)16(21)22-2/h3-8,11-13H,1-2H3/t11-,12-,13-,17-/m1/s1. The maximum Gasteiger partial charge on any atom is 0.337 e. The van der Waals surface area contributed by atoms with Crippen LogP contribution >= 0.6 is 0 Å². The fraction of sp³-hybridized carbons (Fsp3) is 0.353. The molecule has 2 amide bonds. The number of nitrogens with zero attached hydrogens (tertiary/aromatic N) is 1. The van der Waals surface area contributed by atoms with E-state index in [0.717, 1.165) is 0 Å². The van der Waals surface area contributed by atoms with E-state index in [1.165, 1.54) is 12.0 Å². The Balaban J connectivity index is 1.68. The summed E-state index contributed by atoms with van der Waals surface area (Å²) in [6.07, 6.45) is 3.39. The molecule has 2 fully saturated rings. The topological polar surface area (TPSA) is 72.9 Å². The van der Waals surface area contributed by atoms with Gasteiger partial charge in [0.1, 0.15) is 0 Å². The number of carbonyl (C=O) groups excluding carboxylic acids is 3. The lowest BCUT2D eigenvalue weighted by molar-refractivity contribution is -0.126. The van der Waals surface area contributed by atoms with E-state index in [1.807, 2.05) is 19.1 Å². The molecule has 4 atom stereocenters. The van der Waals surface area contributed by atoms with Gasteiger partial charge in [0.2, 0.25) is 11.8 Å². The monoisotopic (exact) mass is 313 g/mol. The fourth-order valence-corrected chi connectivity index (χ4v) is 3.77. The summed E-state index contributed by atoms with van der Waals surface area (Å²) in [5.41, 5.74) is 0.126. The van der Waals surface area contributed by atoms with Gasteiger partial charge in [-0.05, 0) is 31.2 Å². The Labute approximate surface area is 132 Å². The maximum absolute atomic E-state index is 12.8. The molecule has 0 aromatic heterocycles. The lowest BCUT2D eigenvalue weighted by Crippen LogP contribution is -2.38. The molecule has 0 radical (unpaired) electrons. The number of esters is 1. The van der Waals surface area contributed by atoms with Gasteiger partial charge in [0, 0.05) is 0 Å². The van der Waals surface area contributed by atoms with Crippen molar-refractivity contribution in [2.75, 3.05) is 12.0 Å². The summed E-state index contributed by atoms with van der Waals surface area (Å²) in [6, 6.07) is 6.26. The van der Waals surface area contributed by atoms with Crippen molar-refractivity contribution >= 4 is 23.5 Å². The average Bonchev–Trinajstić information content (AvgIpc) is 3.16. The minimum absolute atomic E-state index is 0.246. The Morgan fingerprint density at radius 3 is 2.52 bits per heavy atom. The summed E-state index contributed by atoms with van der Waals surface area (Å²) in [4.78, 5) is 38.2.